The van der Waals surface area contributed by atoms with Crippen LogP contribution in [0.3, 0.4) is 0 Å². The van der Waals surface area contributed by atoms with Crippen LogP contribution in [0.15, 0.2) is 34.2 Å². The zero-order valence-electron chi connectivity index (χ0n) is 8.75. The molecule has 0 bridgehead atoms. The minimum atomic E-state index is -0.883. The van der Waals surface area contributed by atoms with Gasteiger partial charge in [-0.1, -0.05) is 0 Å². The minimum Gasteiger partial charge on any atom is -0.492 e. The van der Waals surface area contributed by atoms with Crippen LogP contribution in [0.2, 0.25) is 0 Å². The second-order valence-electron chi connectivity index (χ2n) is 3.33. The molecule has 0 saturated carbocycles. The highest BCUT2D eigenvalue weighted by Gasteiger charge is 2.14. The Balaban J connectivity index is 2.79. The topological polar surface area (TPSA) is 87.4 Å². The molecule has 2 N–H and O–H groups in total. The molecule has 0 aliphatic heterocycles. The van der Waals surface area contributed by atoms with Crippen molar-refractivity contribution in [2.24, 2.45) is 5.18 Å². The Morgan fingerprint density at radius 3 is 2.50 bits per heavy atom. The van der Waals surface area contributed by atoms with E-state index in [4.69, 9.17) is 12.2 Å². The molecule has 6 nitrogen and oxygen atoms in total. The molecule has 18 heavy (non-hydrogen) atoms. The second kappa shape index (κ2) is 4.49. The monoisotopic (exact) mass is 267 g/mol. The highest BCUT2D eigenvalue weighted by atomic mass is 32.1. The Hall–Kier alpha value is -2.35. The summed E-state index contributed by atoms with van der Waals surface area (Å²) in [4.78, 5) is 23.9. The van der Waals surface area contributed by atoms with Gasteiger partial charge in [0, 0.05) is 0 Å². The number of rotatable bonds is 2. The van der Waals surface area contributed by atoms with E-state index in [1.807, 2.05) is 0 Å². The van der Waals surface area contributed by atoms with Gasteiger partial charge in [0.1, 0.15) is 5.82 Å². The van der Waals surface area contributed by atoms with Crippen LogP contribution in [0, 0.1) is 15.5 Å². The number of H-pyrrole nitrogens is 1. The van der Waals surface area contributed by atoms with Crippen molar-refractivity contribution in [1.82, 2.24) is 9.55 Å². The third-order valence-corrected chi connectivity index (χ3v) is 2.52. The van der Waals surface area contributed by atoms with Gasteiger partial charge >= 0.3 is 0 Å². The summed E-state index contributed by atoms with van der Waals surface area (Å²) in [7, 11) is 0. The maximum atomic E-state index is 12.8. The van der Waals surface area contributed by atoms with Crippen LogP contribution in [-0.2, 0) is 0 Å². The lowest BCUT2D eigenvalue weighted by Crippen LogP contribution is -2.12. The molecule has 2 rings (SSSR count). The van der Waals surface area contributed by atoms with Gasteiger partial charge in [-0.15, -0.1) is 4.91 Å². The zero-order chi connectivity index (χ0) is 13.3. The van der Waals surface area contributed by atoms with Crippen molar-refractivity contribution in [3.05, 3.63) is 50.1 Å². The quantitative estimate of drug-likeness (QED) is 0.644. The van der Waals surface area contributed by atoms with E-state index in [2.05, 4.69) is 10.2 Å². The standard InChI is InChI=1S/C10H6FN3O3S/c11-5-1-3-6(4-2-5)14-9(16)7(13-17)8(15)12-10(14)18/h1-4,16H,(H,12,15,18). The Labute approximate surface area is 104 Å². The maximum absolute atomic E-state index is 12.8. The predicted octanol–water partition coefficient (Wildman–Crippen LogP) is 2.14. The Kier molecular flexibility index (Phi) is 3.02. The van der Waals surface area contributed by atoms with E-state index in [1.165, 1.54) is 12.1 Å². The van der Waals surface area contributed by atoms with Crippen molar-refractivity contribution < 1.29 is 9.50 Å². The molecule has 0 fully saturated rings. The van der Waals surface area contributed by atoms with Crippen molar-refractivity contribution in [2.45, 2.75) is 0 Å². The molecule has 0 amide bonds. The van der Waals surface area contributed by atoms with E-state index in [9.17, 15) is 19.2 Å². The van der Waals surface area contributed by atoms with Crippen molar-refractivity contribution in [3.63, 3.8) is 0 Å². The van der Waals surface area contributed by atoms with Crippen molar-refractivity contribution in [3.8, 4) is 11.6 Å². The van der Waals surface area contributed by atoms with Crippen LogP contribution in [0.1, 0.15) is 0 Å². The molecule has 1 aromatic carbocycles. The summed E-state index contributed by atoms with van der Waals surface area (Å²) in [5, 5.41) is 12.2. The molecule has 0 atom stereocenters. The van der Waals surface area contributed by atoms with Gasteiger partial charge in [-0.3, -0.25) is 14.3 Å². The number of nitrogens with zero attached hydrogens (tertiary/aromatic N) is 2. The van der Waals surface area contributed by atoms with Gasteiger partial charge in [-0.25, -0.2) is 4.39 Å². The molecular weight excluding hydrogens is 261 g/mol. The summed E-state index contributed by atoms with van der Waals surface area (Å²) < 4.78 is 13.7. The fourth-order valence-electron chi connectivity index (χ4n) is 1.43. The molecular formula is C10H6FN3O3S. The molecule has 0 spiro atoms. The third kappa shape index (κ3) is 1.93. The summed E-state index contributed by atoms with van der Waals surface area (Å²) in [6, 6.07) is 4.96. The number of nitroso groups, excluding NO2 is 1. The lowest BCUT2D eigenvalue weighted by Gasteiger charge is -2.09. The Bertz CT molecular complexity index is 721. The number of halogens is 1. The van der Waals surface area contributed by atoms with Gasteiger partial charge in [-0.05, 0) is 41.7 Å². The summed E-state index contributed by atoms with van der Waals surface area (Å²) in [6.07, 6.45) is 0. The van der Waals surface area contributed by atoms with Crippen molar-refractivity contribution in [1.29, 1.82) is 0 Å². The number of aromatic nitrogens is 2. The number of aromatic amines is 1. The van der Waals surface area contributed by atoms with E-state index < -0.39 is 22.9 Å². The molecule has 8 heteroatoms. The average molecular weight is 267 g/mol. The third-order valence-electron chi connectivity index (χ3n) is 2.24. The van der Waals surface area contributed by atoms with Crippen molar-refractivity contribution in [2.75, 3.05) is 0 Å². The van der Waals surface area contributed by atoms with Crippen molar-refractivity contribution >= 4 is 17.9 Å². The first-order valence-corrected chi connectivity index (χ1v) is 5.13. The smallest absolute Gasteiger partial charge is 0.285 e. The normalized spacial score (nSPS) is 10.3. The molecule has 1 aromatic heterocycles. The Morgan fingerprint density at radius 1 is 1.33 bits per heavy atom. The lowest BCUT2D eigenvalue weighted by molar-refractivity contribution is 0.435. The fourth-order valence-corrected chi connectivity index (χ4v) is 1.71. The van der Waals surface area contributed by atoms with E-state index in [1.54, 1.807) is 0 Å². The van der Waals surface area contributed by atoms with Crippen LogP contribution in [0.5, 0.6) is 5.88 Å². The van der Waals surface area contributed by atoms with Gasteiger partial charge in [0.25, 0.3) is 5.56 Å². The predicted molar refractivity (Wildman–Crippen MR) is 64.3 cm³/mol. The molecule has 0 radical (unpaired) electrons. The Morgan fingerprint density at radius 2 is 1.94 bits per heavy atom. The lowest BCUT2D eigenvalue weighted by atomic mass is 10.3. The van der Waals surface area contributed by atoms with E-state index in [0.29, 0.717) is 5.69 Å². The van der Waals surface area contributed by atoms with Gasteiger partial charge in [0.05, 0.1) is 5.69 Å². The maximum Gasteiger partial charge on any atom is 0.285 e. The summed E-state index contributed by atoms with van der Waals surface area (Å²) in [5.41, 5.74) is -1.28. The van der Waals surface area contributed by atoms with Gasteiger partial charge in [0.15, 0.2) is 4.77 Å². The average Bonchev–Trinajstić information content (AvgIpc) is 2.31. The number of hydrogen-bond acceptors (Lipinski definition) is 5. The number of benzene rings is 1. The fraction of sp³-hybridized carbons (Fsp3) is 0. The summed E-state index contributed by atoms with van der Waals surface area (Å²) in [6.45, 7) is 0. The first-order chi connectivity index (χ1) is 8.54. The van der Waals surface area contributed by atoms with E-state index in [0.717, 1.165) is 16.7 Å². The zero-order valence-corrected chi connectivity index (χ0v) is 9.57. The molecule has 0 aliphatic rings. The van der Waals surface area contributed by atoms with Crippen LogP contribution in [-0.4, -0.2) is 14.7 Å². The van der Waals surface area contributed by atoms with E-state index in [-0.39, 0.29) is 4.77 Å². The largest absolute Gasteiger partial charge is 0.492 e. The highest BCUT2D eigenvalue weighted by molar-refractivity contribution is 7.71. The van der Waals surface area contributed by atoms with E-state index >= 15 is 0 Å². The number of hydrogen-bond donors (Lipinski definition) is 2. The summed E-state index contributed by atoms with van der Waals surface area (Å²) in [5.74, 6) is -1.16. The molecule has 0 aliphatic carbocycles. The van der Waals surface area contributed by atoms with Gasteiger partial charge < -0.3 is 5.11 Å². The molecule has 0 unspecified atom stereocenters. The first-order valence-electron chi connectivity index (χ1n) is 4.72. The SMILES string of the molecule is O=Nc1c(O)n(-c2ccc(F)cc2)c(=S)[nH]c1=O. The molecule has 1 heterocycles. The number of nitrogens with one attached hydrogen (secondary N) is 1. The van der Waals surface area contributed by atoms with Crippen LogP contribution >= 0.6 is 12.2 Å². The molecule has 92 valence electrons. The summed E-state index contributed by atoms with van der Waals surface area (Å²) >= 11 is 4.86. The van der Waals surface area contributed by atoms with Gasteiger partial charge in [0.2, 0.25) is 11.6 Å². The molecule has 2 aromatic rings. The number of aromatic hydroxyl groups is 1. The minimum absolute atomic E-state index is 0.128. The van der Waals surface area contributed by atoms with Crippen LogP contribution in [0.25, 0.3) is 5.69 Å². The van der Waals surface area contributed by atoms with Crippen LogP contribution < -0.4 is 5.56 Å². The second-order valence-corrected chi connectivity index (χ2v) is 3.72. The first kappa shape index (κ1) is 12.1. The highest BCUT2D eigenvalue weighted by Crippen LogP contribution is 2.24. The van der Waals surface area contributed by atoms with Gasteiger partial charge in [-0.2, -0.15) is 0 Å². The molecule has 0 saturated heterocycles. The van der Waals surface area contributed by atoms with Crippen LogP contribution in [0.4, 0.5) is 10.1 Å².